The van der Waals surface area contributed by atoms with Crippen LogP contribution >= 0.6 is 11.3 Å². The molecule has 4 rings (SSSR count). The predicted molar refractivity (Wildman–Crippen MR) is 114 cm³/mol. The summed E-state index contributed by atoms with van der Waals surface area (Å²) in [6, 6.07) is 14.0. The van der Waals surface area contributed by atoms with Crippen molar-refractivity contribution in [2.75, 3.05) is 23.3 Å². The number of hydrogen-bond acceptors (Lipinski definition) is 5. The lowest BCUT2D eigenvalue weighted by Gasteiger charge is -2.17. The molecule has 3 heterocycles. The van der Waals surface area contributed by atoms with E-state index in [0.717, 1.165) is 48.0 Å². The van der Waals surface area contributed by atoms with Gasteiger partial charge in [-0.25, -0.2) is 4.98 Å². The monoisotopic (exact) mass is 392 g/mol. The number of amides is 1. The molecule has 1 amide bonds. The molecule has 28 heavy (non-hydrogen) atoms. The van der Waals surface area contributed by atoms with Gasteiger partial charge in [-0.15, -0.1) is 11.3 Å². The molecule has 0 unspecified atom stereocenters. The molecule has 6 heteroatoms. The normalized spacial score (nSPS) is 13.7. The van der Waals surface area contributed by atoms with Crippen LogP contribution in [0.4, 0.5) is 11.4 Å². The molecule has 144 valence electrons. The molecule has 0 bridgehead atoms. The molecule has 0 atom stereocenters. The molecule has 1 aliphatic heterocycles. The largest absolute Gasteiger partial charge is 0.372 e. The van der Waals surface area contributed by atoms with Gasteiger partial charge < -0.3 is 10.2 Å². The van der Waals surface area contributed by atoms with Crippen LogP contribution in [-0.2, 0) is 12.8 Å². The van der Waals surface area contributed by atoms with E-state index in [1.807, 2.05) is 37.3 Å². The Hall–Kier alpha value is -2.73. The van der Waals surface area contributed by atoms with Crippen LogP contribution in [0.2, 0.25) is 0 Å². The minimum Gasteiger partial charge on any atom is -0.372 e. The Morgan fingerprint density at radius 2 is 1.89 bits per heavy atom. The van der Waals surface area contributed by atoms with Crippen LogP contribution < -0.4 is 10.2 Å². The van der Waals surface area contributed by atoms with Crippen molar-refractivity contribution in [3.05, 3.63) is 69.9 Å². The number of benzene rings is 1. The summed E-state index contributed by atoms with van der Waals surface area (Å²) in [6.07, 6.45) is 5.93. The average molecular weight is 393 g/mol. The van der Waals surface area contributed by atoms with Crippen LogP contribution in [-0.4, -0.2) is 29.0 Å². The third kappa shape index (κ3) is 4.39. The zero-order chi connectivity index (χ0) is 19.3. The van der Waals surface area contributed by atoms with E-state index in [1.165, 1.54) is 29.9 Å². The lowest BCUT2D eigenvalue weighted by molar-refractivity contribution is 0.103. The summed E-state index contributed by atoms with van der Waals surface area (Å²) in [7, 11) is 0. The number of rotatable bonds is 6. The molecule has 1 N–H and O–H groups in total. The summed E-state index contributed by atoms with van der Waals surface area (Å²) in [4.78, 5) is 24.7. The minimum absolute atomic E-state index is 0.0898. The number of hydrogen-bond donors (Lipinski definition) is 1. The van der Waals surface area contributed by atoms with Crippen LogP contribution in [0.15, 0.2) is 48.7 Å². The number of pyridine rings is 1. The third-order valence-electron chi connectivity index (χ3n) is 4.96. The van der Waals surface area contributed by atoms with Crippen molar-refractivity contribution in [3.63, 3.8) is 0 Å². The van der Waals surface area contributed by atoms with E-state index in [1.54, 1.807) is 6.20 Å². The van der Waals surface area contributed by atoms with Crippen molar-refractivity contribution in [2.45, 2.75) is 32.6 Å². The van der Waals surface area contributed by atoms with Gasteiger partial charge in [-0.3, -0.25) is 9.78 Å². The van der Waals surface area contributed by atoms with E-state index in [0.29, 0.717) is 4.88 Å². The number of thiazole rings is 1. The summed E-state index contributed by atoms with van der Waals surface area (Å²) in [5.74, 6) is -0.0898. The summed E-state index contributed by atoms with van der Waals surface area (Å²) in [5.41, 5.74) is 3.86. The lowest BCUT2D eigenvalue weighted by Crippen LogP contribution is -2.17. The maximum atomic E-state index is 12.7. The Morgan fingerprint density at radius 1 is 1.11 bits per heavy atom. The summed E-state index contributed by atoms with van der Waals surface area (Å²) in [6.45, 7) is 4.13. The fraction of sp³-hybridized carbons (Fsp3) is 0.318. The van der Waals surface area contributed by atoms with E-state index in [9.17, 15) is 4.79 Å². The number of aromatic nitrogens is 2. The maximum Gasteiger partial charge on any atom is 0.267 e. The first-order chi connectivity index (χ1) is 13.7. The highest BCUT2D eigenvalue weighted by molar-refractivity contribution is 7.13. The predicted octanol–water partition coefficient (Wildman–Crippen LogP) is 4.48. The van der Waals surface area contributed by atoms with E-state index in [-0.39, 0.29) is 5.91 Å². The van der Waals surface area contributed by atoms with Gasteiger partial charge in [0.2, 0.25) is 0 Å². The van der Waals surface area contributed by atoms with Crippen molar-refractivity contribution in [1.82, 2.24) is 9.97 Å². The lowest BCUT2D eigenvalue weighted by atomic mass is 10.2. The molecule has 0 radical (unpaired) electrons. The minimum atomic E-state index is -0.0898. The van der Waals surface area contributed by atoms with E-state index in [4.69, 9.17) is 0 Å². The van der Waals surface area contributed by atoms with Crippen molar-refractivity contribution in [1.29, 1.82) is 0 Å². The zero-order valence-electron chi connectivity index (χ0n) is 16.0. The van der Waals surface area contributed by atoms with E-state index in [2.05, 4.69) is 32.3 Å². The molecule has 0 saturated carbocycles. The Balaban J connectivity index is 1.38. The second kappa shape index (κ2) is 8.52. The standard InChI is InChI=1S/C22H24N4OS/c1-16-21(28-20(24-16)12-9-17-6-2-3-13-23-17)22(27)25-18-7-10-19(11-8-18)26-14-4-5-15-26/h2-3,6-8,10-11,13H,4-5,9,12,14-15H2,1H3,(H,25,27). The number of nitrogens with zero attached hydrogens (tertiary/aromatic N) is 3. The quantitative estimate of drug-likeness (QED) is 0.672. The van der Waals surface area contributed by atoms with Crippen molar-refractivity contribution >= 4 is 28.6 Å². The first-order valence-electron chi connectivity index (χ1n) is 9.71. The van der Waals surface area contributed by atoms with Gasteiger partial charge in [-0.2, -0.15) is 0 Å². The van der Waals surface area contributed by atoms with Crippen LogP contribution in [0.5, 0.6) is 0 Å². The van der Waals surface area contributed by atoms with Gasteiger partial charge in [-0.1, -0.05) is 6.07 Å². The number of anilines is 2. The Bertz CT molecular complexity index is 931. The Kier molecular flexibility index (Phi) is 5.67. The number of carbonyl (C=O) groups is 1. The molecule has 0 spiro atoms. The molecule has 1 aliphatic rings. The second-order valence-corrected chi connectivity index (χ2v) is 8.12. The van der Waals surface area contributed by atoms with Gasteiger partial charge in [0.05, 0.1) is 10.7 Å². The average Bonchev–Trinajstić information content (AvgIpc) is 3.38. The fourth-order valence-corrected chi connectivity index (χ4v) is 4.43. The molecular formula is C22H24N4OS. The molecule has 1 fully saturated rings. The van der Waals surface area contributed by atoms with Gasteiger partial charge in [0.1, 0.15) is 4.88 Å². The fourth-order valence-electron chi connectivity index (χ4n) is 3.47. The molecule has 0 aliphatic carbocycles. The maximum absolute atomic E-state index is 12.7. The Morgan fingerprint density at radius 3 is 2.61 bits per heavy atom. The smallest absolute Gasteiger partial charge is 0.267 e. The number of nitrogens with one attached hydrogen (secondary N) is 1. The second-order valence-electron chi connectivity index (χ2n) is 7.04. The van der Waals surface area contributed by atoms with Crippen molar-refractivity contribution < 1.29 is 4.79 Å². The van der Waals surface area contributed by atoms with Gasteiger partial charge in [-0.05, 0) is 62.6 Å². The summed E-state index contributed by atoms with van der Waals surface area (Å²) >= 11 is 1.47. The highest BCUT2D eigenvalue weighted by Gasteiger charge is 2.16. The van der Waals surface area contributed by atoms with Gasteiger partial charge in [0, 0.05) is 42.8 Å². The topological polar surface area (TPSA) is 58.1 Å². The van der Waals surface area contributed by atoms with Crippen LogP contribution in [0, 0.1) is 6.92 Å². The highest BCUT2D eigenvalue weighted by atomic mass is 32.1. The molecule has 1 saturated heterocycles. The van der Waals surface area contributed by atoms with E-state index < -0.39 is 0 Å². The van der Waals surface area contributed by atoms with Crippen molar-refractivity contribution in [3.8, 4) is 0 Å². The van der Waals surface area contributed by atoms with E-state index >= 15 is 0 Å². The first-order valence-corrected chi connectivity index (χ1v) is 10.5. The molecule has 5 nitrogen and oxygen atoms in total. The number of carbonyl (C=O) groups excluding carboxylic acids is 1. The van der Waals surface area contributed by atoms with Gasteiger partial charge in [0.15, 0.2) is 0 Å². The Labute approximate surface area is 169 Å². The molecular weight excluding hydrogens is 368 g/mol. The van der Waals surface area contributed by atoms with Crippen LogP contribution in [0.25, 0.3) is 0 Å². The van der Waals surface area contributed by atoms with Crippen LogP contribution in [0.1, 0.15) is 38.9 Å². The SMILES string of the molecule is Cc1nc(CCc2ccccn2)sc1C(=O)Nc1ccc(N2CCCC2)cc1. The summed E-state index contributed by atoms with van der Waals surface area (Å²) < 4.78 is 0. The zero-order valence-corrected chi connectivity index (χ0v) is 16.8. The van der Waals surface area contributed by atoms with Gasteiger partial charge >= 0.3 is 0 Å². The van der Waals surface area contributed by atoms with Crippen molar-refractivity contribution in [2.24, 2.45) is 0 Å². The van der Waals surface area contributed by atoms with Gasteiger partial charge in [0.25, 0.3) is 5.91 Å². The first kappa shape index (κ1) is 18.6. The highest BCUT2D eigenvalue weighted by Crippen LogP contribution is 2.24. The molecule has 2 aromatic heterocycles. The summed E-state index contributed by atoms with van der Waals surface area (Å²) in [5, 5.41) is 3.97. The molecule has 1 aromatic carbocycles. The number of aryl methyl sites for hydroxylation is 3. The van der Waals surface area contributed by atoms with Crippen LogP contribution in [0.3, 0.4) is 0 Å². The third-order valence-corrected chi connectivity index (χ3v) is 6.18. The molecule has 3 aromatic rings.